The number of nitriles is 1. The SMILES string of the molecule is Cc1nn(C)c(NCCCOc2ccccc2)c1C#N. The Bertz CT molecular complexity index is 598. The second-order valence-electron chi connectivity index (χ2n) is 4.49. The van der Waals surface area contributed by atoms with E-state index in [4.69, 9.17) is 10.00 Å². The summed E-state index contributed by atoms with van der Waals surface area (Å²) in [7, 11) is 1.83. The van der Waals surface area contributed by atoms with E-state index in [1.165, 1.54) is 0 Å². The van der Waals surface area contributed by atoms with Crippen molar-refractivity contribution in [1.29, 1.82) is 5.26 Å². The number of rotatable bonds is 6. The molecule has 1 aromatic carbocycles. The van der Waals surface area contributed by atoms with E-state index in [1.54, 1.807) is 4.68 Å². The lowest BCUT2D eigenvalue weighted by Crippen LogP contribution is -2.10. The largest absolute Gasteiger partial charge is 0.494 e. The van der Waals surface area contributed by atoms with Gasteiger partial charge in [-0.2, -0.15) is 10.4 Å². The molecule has 5 heteroatoms. The molecule has 5 nitrogen and oxygen atoms in total. The standard InChI is InChI=1S/C15H18N4O/c1-12-14(11-16)15(19(2)18-12)17-9-6-10-20-13-7-4-3-5-8-13/h3-5,7-8,17H,6,9-10H2,1-2H3. The molecule has 0 radical (unpaired) electrons. The van der Waals surface area contributed by atoms with Crippen LogP contribution in [-0.2, 0) is 7.05 Å². The van der Waals surface area contributed by atoms with Crippen molar-refractivity contribution >= 4 is 5.82 Å². The molecule has 0 spiro atoms. The fraction of sp³-hybridized carbons (Fsp3) is 0.333. The number of ether oxygens (including phenoxy) is 1. The van der Waals surface area contributed by atoms with Gasteiger partial charge in [0.2, 0.25) is 0 Å². The first-order valence-corrected chi connectivity index (χ1v) is 6.58. The fourth-order valence-electron chi connectivity index (χ4n) is 1.98. The molecule has 2 rings (SSSR count). The van der Waals surface area contributed by atoms with Gasteiger partial charge in [-0.15, -0.1) is 0 Å². The van der Waals surface area contributed by atoms with Gasteiger partial charge in [0.1, 0.15) is 23.2 Å². The van der Waals surface area contributed by atoms with E-state index in [0.717, 1.165) is 30.2 Å². The van der Waals surface area contributed by atoms with Crippen LogP contribution in [0.1, 0.15) is 17.7 Å². The van der Waals surface area contributed by atoms with Crippen molar-refractivity contribution in [3.63, 3.8) is 0 Å². The lowest BCUT2D eigenvalue weighted by molar-refractivity contribution is 0.315. The smallest absolute Gasteiger partial charge is 0.142 e. The van der Waals surface area contributed by atoms with Crippen LogP contribution in [0, 0.1) is 18.3 Å². The molecule has 0 fully saturated rings. The third-order valence-electron chi connectivity index (χ3n) is 2.96. The van der Waals surface area contributed by atoms with Gasteiger partial charge in [-0.3, -0.25) is 4.68 Å². The van der Waals surface area contributed by atoms with Gasteiger partial charge in [-0.25, -0.2) is 0 Å². The zero-order valence-corrected chi connectivity index (χ0v) is 11.8. The number of nitrogens with one attached hydrogen (secondary N) is 1. The Hall–Kier alpha value is -2.48. The first-order valence-electron chi connectivity index (χ1n) is 6.58. The van der Waals surface area contributed by atoms with Gasteiger partial charge in [0.15, 0.2) is 0 Å². The third-order valence-corrected chi connectivity index (χ3v) is 2.96. The molecule has 0 bridgehead atoms. The van der Waals surface area contributed by atoms with Gasteiger partial charge in [-0.1, -0.05) is 18.2 Å². The number of anilines is 1. The highest BCUT2D eigenvalue weighted by Gasteiger charge is 2.11. The Balaban J connectivity index is 1.78. The highest BCUT2D eigenvalue weighted by atomic mass is 16.5. The van der Waals surface area contributed by atoms with Gasteiger partial charge in [0.25, 0.3) is 0 Å². The van der Waals surface area contributed by atoms with E-state index >= 15 is 0 Å². The van der Waals surface area contributed by atoms with Crippen molar-refractivity contribution in [2.75, 3.05) is 18.5 Å². The van der Waals surface area contributed by atoms with Crippen LogP contribution >= 0.6 is 0 Å². The van der Waals surface area contributed by atoms with Gasteiger partial charge in [0.05, 0.1) is 12.3 Å². The minimum absolute atomic E-state index is 0.608. The van der Waals surface area contributed by atoms with E-state index in [1.807, 2.05) is 44.3 Å². The predicted molar refractivity (Wildman–Crippen MR) is 77.7 cm³/mol. The average Bonchev–Trinajstić information content (AvgIpc) is 2.73. The summed E-state index contributed by atoms with van der Waals surface area (Å²) in [5.41, 5.74) is 1.36. The number of aromatic nitrogens is 2. The molecule has 0 atom stereocenters. The van der Waals surface area contributed by atoms with Crippen LogP contribution in [0.3, 0.4) is 0 Å². The summed E-state index contributed by atoms with van der Waals surface area (Å²) in [5, 5.41) is 16.6. The predicted octanol–water partition coefficient (Wildman–Crippen LogP) is 2.48. The molecule has 0 aliphatic carbocycles. The number of hydrogen-bond acceptors (Lipinski definition) is 4. The highest BCUT2D eigenvalue weighted by Crippen LogP contribution is 2.17. The van der Waals surface area contributed by atoms with Gasteiger partial charge in [-0.05, 0) is 25.5 Å². The molecule has 0 aliphatic heterocycles. The molecule has 1 N–H and O–H groups in total. The van der Waals surface area contributed by atoms with Crippen LogP contribution in [0.15, 0.2) is 30.3 Å². The van der Waals surface area contributed by atoms with E-state index in [-0.39, 0.29) is 0 Å². The summed E-state index contributed by atoms with van der Waals surface area (Å²) in [6.45, 7) is 3.21. The van der Waals surface area contributed by atoms with Gasteiger partial charge < -0.3 is 10.1 Å². The van der Waals surface area contributed by atoms with Crippen LogP contribution in [0.2, 0.25) is 0 Å². The topological polar surface area (TPSA) is 62.9 Å². The Morgan fingerprint density at radius 3 is 2.80 bits per heavy atom. The van der Waals surface area contributed by atoms with Crippen molar-refractivity contribution < 1.29 is 4.74 Å². The third kappa shape index (κ3) is 3.29. The van der Waals surface area contributed by atoms with Crippen LogP contribution in [0.25, 0.3) is 0 Å². The Morgan fingerprint density at radius 2 is 2.10 bits per heavy atom. The molecule has 0 amide bonds. The second kappa shape index (κ2) is 6.62. The quantitative estimate of drug-likeness (QED) is 0.819. The monoisotopic (exact) mass is 270 g/mol. The summed E-state index contributed by atoms with van der Waals surface area (Å²) in [6.07, 6.45) is 0.851. The van der Waals surface area contributed by atoms with Crippen LogP contribution in [-0.4, -0.2) is 22.9 Å². The Kier molecular flexibility index (Phi) is 4.61. The summed E-state index contributed by atoms with van der Waals surface area (Å²) in [5.74, 6) is 1.64. The summed E-state index contributed by atoms with van der Waals surface area (Å²) in [6, 6.07) is 11.9. The Morgan fingerprint density at radius 1 is 1.35 bits per heavy atom. The molecule has 0 saturated carbocycles. The van der Waals surface area contributed by atoms with Crippen molar-refractivity contribution in [2.24, 2.45) is 7.05 Å². The minimum Gasteiger partial charge on any atom is -0.494 e. The maximum atomic E-state index is 9.10. The van der Waals surface area contributed by atoms with E-state index in [9.17, 15) is 0 Å². The van der Waals surface area contributed by atoms with Gasteiger partial charge in [0, 0.05) is 13.6 Å². The molecule has 1 heterocycles. The molecule has 0 saturated heterocycles. The van der Waals surface area contributed by atoms with Crippen molar-refractivity contribution in [3.05, 3.63) is 41.6 Å². The molecule has 0 aliphatic rings. The van der Waals surface area contributed by atoms with E-state index < -0.39 is 0 Å². The molecule has 20 heavy (non-hydrogen) atoms. The summed E-state index contributed by atoms with van der Waals surface area (Å²) in [4.78, 5) is 0. The first kappa shape index (κ1) is 13.9. The van der Waals surface area contributed by atoms with E-state index in [0.29, 0.717) is 12.2 Å². The maximum Gasteiger partial charge on any atom is 0.142 e. The summed E-state index contributed by atoms with van der Waals surface area (Å²) < 4.78 is 7.31. The first-order chi connectivity index (χ1) is 9.72. The number of nitrogens with zero attached hydrogens (tertiary/aromatic N) is 3. The number of aryl methyl sites for hydroxylation is 2. The zero-order chi connectivity index (χ0) is 14.4. The molecule has 0 unspecified atom stereocenters. The van der Waals surface area contributed by atoms with Crippen LogP contribution in [0.4, 0.5) is 5.82 Å². The van der Waals surface area contributed by atoms with Crippen molar-refractivity contribution in [2.45, 2.75) is 13.3 Å². The Labute approximate surface area is 118 Å². The number of benzene rings is 1. The lowest BCUT2D eigenvalue weighted by atomic mass is 10.2. The van der Waals surface area contributed by atoms with Crippen molar-refractivity contribution in [1.82, 2.24) is 9.78 Å². The number of para-hydroxylation sites is 1. The average molecular weight is 270 g/mol. The van der Waals surface area contributed by atoms with Crippen LogP contribution < -0.4 is 10.1 Å². The van der Waals surface area contributed by atoms with Crippen molar-refractivity contribution in [3.8, 4) is 11.8 Å². The molecule has 2 aromatic rings. The summed E-state index contributed by atoms with van der Waals surface area (Å²) >= 11 is 0. The second-order valence-corrected chi connectivity index (χ2v) is 4.49. The minimum atomic E-state index is 0.608. The van der Waals surface area contributed by atoms with Crippen LogP contribution in [0.5, 0.6) is 5.75 Å². The fourth-order valence-corrected chi connectivity index (χ4v) is 1.98. The zero-order valence-electron chi connectivity index (χ0n) is 11.8. The lowest BCUT2D eigenvalue weighted by Gasteiger charge is -2.08. The normalized spacial score (nSPS) is 10.1. The van der Waals surface area contributed by atoms with Gasteiger partial charge >= 0.3 is 0 Å². The van der Waals surface area contributed by atoms with E-state index in [2.05, 4.69) is 16.5 Å². The molecule has 104 valence electrons. The highest BCUT2D eigenvalue weighted by molar-refractivity contribution is 5.54. The molecular weight excluding hydrogens is 252 g/mol. The molecular formula is C15H18N4O. The molecule has 1 aromatic heterocycles. The number of hydrogen-bond donors (Lipinski definition) is 1. The maximum absolute atomic E-state index is 9.10.